The molecule has 134 valence electrons. The van der Waals surface area contributed by atoms with Gasteiger partial charge in [-0.1, -0.05) is 42.5 Å². The van der Waals surface area contributed by atoms with E-state index in [9.17, 15) is 4.79 Å². The molecule has 0 unspecified atom stereocenters. The summed E-state index contributed by atoms with van der Waals surface area (Å²) in [4.78, 5) is 18.9. The van der Waals surface area contributed by atoms with E-state index in [1.807, 2.05) is 60.5 Å². The smallest absolute Gasteiger partial charge is 0.335 e. The zero-order valence-electron chi connectivity index (χ0n) is 14.9. The van der Waals surface area contributed by atoms with E-state index in [0.29, 0.717) is 37.3 Å². The molecule has 0 aromatic heterocycles. The highest BCUT2D eigenvalue weighted by molar-refractivity contribution is 5.95. The second-order valence-electron chi connectivity index (χ2n) is 6.08. The number of hydrogen-bond acceptors (Lipinski definition) is 4. The zero-order chi connectivity index (χ0) is 18.4. The molecule has 0 atom stereocenters. The molecule has 0 aliphatic carbocycles. The molecule has 0 saturated carbocycles. The van der Waals surface area contributed by atoms with Gasteiger partial charge in [0.2, 0.25) is 0 Å². The molecule has 2 N–H and O–H groups in total. The van der Waals surface area contributed by atoms with Gasteiger partial charge >= 0.3 is 5.97 Å². The lowest BCUT2D eigenvalue weighted by molar-refractivity contribution is -0.138. The third-order valence-electron chi connectivity index (χ3n) is 4.18. The van der Waals surface area contributed by atoms with Gasteiger partial charge in [-0.3, -0.25) is 0 Å². The quantitative estimate of drug-likeness (QED) is 0.653. The normalized spacial score (nSPS) is 15.7. The van der Waals surface area contributed by atoms with Crippen LogP contribution >= 0.6 is 0 Å². The number of benzene rings is 2. The highest BCUT2D eigenvalue weighted by atomic mass is 16.5. The van der Waals surface area contributed by atoms with Crippen LogP contribution in [0.5, 0.6) is 0 Å². The minimum atomic E-state index is -0.260. The van der Waals surface area contributed by atoms with E-state index < -0.39 is 0 Å². The Morgan fingerprint density at radius 1 is 1.12 bits per heavy atom. The number of carbonyl (C=O) groups is 1. The second-order valence-corrected chi connectivity index (χ2v) is 6.08. The number of esters is 1. The first-order valence-corrected chi connectivity index (χ1v) is 8.78. The van der Waals surface area contributed by atoms with Crippen LogP contribution in [-0.4, -0.2) is 23.3 Å². The van der Waals surface area contributed by atoms with E-state index >= 15 is 0 Å². The van der Waals surface area contributed by atoms with Crippen LogP contribution in [0.25, 0.3) is 0 Å². The Morgan fingerprint density at radius 3 is 2.58 bits per heavy atom. The average molecular weight is 349 g/mol. The lowest BCUT2D eigenvalue weighted by Crippen LogP contribution is -2.31. The number of anilines is 1. The maximum absolute atomic E-state index is 12.1. The second kappa shape index (κ2) is 8.34. The number of rotatable bonds is 5. The molecule has 2 aromatic carbocycles. The van der Waals surface area contributed by atoms with E-state index in [4.69, 9.17) is 15.5 Å². The van der Waals surface area contributed by atoms with E-state index in [1.165, 1.54) is 0 Å². The first-order valence-electron chi connectivity index (χ1n) is 8.78. The summed E-state index contributed by atoms with van der Waals surface area (Å²) in [7, 11) is 0. The molecule has 0 spiro atoms. The number of hydrogen-bond donors (Lipinski definition) is 1. The van der Waals surface area contributed by atoms with Crippen LogP contribution < -0.4 is 5.73 Å². The van der Waals surface area contributed by atoms with Gasteiger partial charge in [-0.15, -0.1) is 0 Å². The number of ether oxygens (including phenoxy) is 1. The first-order chi connectivity index (χ1) is 12.7. The standard InChI is InChI=1S/C21H23N3O2/c1-2-26-21(25)17-12-13-20(23-19-11-7-6-10-18(19)22)24(15-17)14-16-8-4-3-5-9-16/h3-11,15H,2,12-14,22H2,1H3. The van der Waals surface area contributed by atoms with Crippen LogP contribution in [0.2, 0.25) is 0 Å². The monoisotopic (exact) mass is 349 g/mol. The molecule has 0 fully saturated rings. The van der Waals surface area contributed by atoms with Gasteiger partial charge < -0.3 is 15.4 Å². The molecule has 0 saturated heterocycles. The van der Waals surface area contributed by atoms with Crippen LogP contribution in [0.4, 0.5) is 11.4 Å². The molecule has 1 aliphatic rings. The zero-order valence-corrected chi connectivity index (χ0v) is 14.9. The van der Waals surface area contributed by atoms with Crippen molar-refractivity contribution in [1.82, 2.24) is 4.90 Å². The molecule has 5 nitrogen and oxygen atoms in total. The Labute approximate surface area is 153 Å². The van der Waals surface area contributed by atoms with Crippen molar-refractivity contribution < 1.29 is 9.53 Å². The van der Waals surface area contributed by atoms with Crippen molar-refractivity contribution in [1.29, 1.82) is 0 Å². The van der Waals surface area contributed by atoms with Crippen LogP contribution in [0.15, 0.2) is 71.4 Å². The number of carbonyl (C=O) groups excluding carboxylic acids is 1. The van der Waals surface area contributed by atoms with E-state index in [-0.39, 0.29) is 5.97 Å². The van der Waals surface area contributed by atoms with Crippen molar-refractivity contribution >= 4 is 23.2 Å². The third kappa shape index (κ3) is 4.30. The van der Waals surface area contributed by atoms with Gasteiger partial charge in [0.25, 0.3) is 0 Å². The van der Waals surface area contributed by atoms with Crippen LogP contribution in [-0.2, 0) is 16.1 Å². The topological polar surface area (TPSA) is 67.9 Å². The maximum Gasteiger partial charge on any atom is 0.335 e. The average Bonchev–Trinajstić information content (AvgIpc) is 2.66. The van der Waals surface area contributed by atoms with E-state index in [2.05, 4.69) is 12.1 Å². The largest absolute Gasteiger partial charge is 0.463 e. The van der Waals surface area contributed by atoms with Gasteiger partial charge in [-0.05, 0) is 31.0 Å². The van der Waals surface area contributed by atoms with Crippen molar-refractivity contribution in [2.24, 2.45) is 4.99 Å². The van der Waals surface area contributed by atoms with Gasteiger partial charge in [0.1, 0.15) is 5.84 Å². The Bertz CT molecular complexity index is 828. The molecule has 5 heteroatoms. The number of nitrogen functional groups attached to an aromatic ring is 1. The highest BCUT2D eigenvalue weighted by Crippen LogP contribution is 2.26. The molecule has 1 aliphatic heterocycles. The fraction of sp³-hybridized carbons (Fsp3) is 0.238. The number of aliphatic imine (C=N–C) groups is 1. The Balaban J connectivity index is 1.92. The van der Waals surface area contributed by atoms with Gasteiger partial charge in [0.15, 0.2) is 0 Å². The summed E-state index contributed by atoms with van der Waals surface area (Å²) in [5.41, 5.74) is 9.23. The summed E-state index contributed by atoms with van der Waals surface area (Å²) in [6.45, 7) is 2.82. The molecule has 3 rings (SSSR count). The fourth-order valence-corrected chi connectivity index (χ4v) is 2.86. The van der Waals surface area contributed by atoms with Crippen LogP contribution in [0.1, 0.15) is 25.3 Å². The summed E-state index contributed by atoms with van der Waals surface area (Å²) >= 11 is 0. The van der Waals surface area contributed by atoms with Crippen molar-refractivity contribution in [2.45, 2.75) is 26.3 Å². The SMILES string of the molecule is CCOC(=O)C1=CN(Cc2ccccc2)C(=Nc2ccccc2N)CC1. The van der Waals surface area contributed by atoms with Crippen LogP contribution in [0, 0.1) is 0 Å². The Hall–Kier alpha value is -3.08. The summed E-state index contributed by atoms with van der Waals surface area (Å²) in [5.74, 6) is 0.628. The predicted molar refractivity (Wildman–Crippen MR) is 104 cm³/mol. The summed E-state index contributed by atoms with van der Waals surface area (Å²) in [6.07, 6.45) is 3.12. The summed E-state index contributed by atoms with van der Waals surface area (Å²) < 4.78 is 5.16. The van der Waals surface area contributed by atoms with Gasteiger partial charge in [-0.25, -0.2) is 9.79 Å². The number of nitrogens with two attached hydrogens (primary N) is 1. The van der Waals surface area contributed by atoms with Crippen molar-refractivity contribution in [3.63, 3.8) is 0 Å². The Kier molecular flexibility index (Phi) is 5.69. The minimum Gasteiger partial charge on any atom is -0.463 e. The fourth-order valence-electron chi connectivity index (χ4n) is 2.86. The lowest BCUT2D eigenvalue weighted by atomic mass is 10.1. The van der Waals surface area contributed by atoms with Crippen molar-refractivity contribution in [2.75, 3.05) is 12.3 Å². The molecule has 0 bridgehead atoms. The molecular formula is C21H23N3O2. The van der Waals surface area contributed by atoms with Crippen molar-refractivity contribution in [3.05, 3.63) is 71.9 Å². The predicted octanol–water partition coefficient (Wildman–Crippen LogP) is 4.04. The third-order valence-corrected chi connectivity index (χ3v) is 4.18. The Morgan fingerprint density at radius 2 is 1.85 bits per heavy atom. The molecule has 26 heavy (non-hydrogen) atoms. The minimum absolute atomic E-state index is 0.260. The molecule has 0 amide bonds. The molecule has 1 heterocycles. The molecule has 0 radical (unpaired) electrons. The first kappa shape index (κ1) is 17.7. The van der Waals surface area contributed by atoms with Gasteiger partial charge in [0, 0.05) is 19.2 Å². The number of para-hydroxylation sites is 2. The van der Waals surface area contributed by atoms with Gasteiger partial charge in [0.05, 0.1) is 23.6 Å². The van der Waals surface area contributed by atoms with Crippen LogP contribution in [0.3, 0.4) is 0 Å². The summed E-state index contributed by atoms with van der Waals surface area (Å²) in [6, 6.07) is 17.6. The van der Waals surface area contributed by atoms with E-state index in [1.54, 1.807) is 0 Å². The number of nitrogens with zero attached hydrogens (tertiary/aromatic N) is 2. The highest BCUT2D eigenvalue weighted by Gasteiger charge is 2.22. The van der Waals surface area contributed by atoms with E-state index in [0.717, 1.165) is 17.1 Å². The molecular weight excluding hydrogens is 326 g/mol. The maximum atomic E-state index is 12.1. The van der Waals surface area contributed by atoms with Crippen molar-refractivity contribution in [3.8, 4) is 0 Å². The van der Waals surface area contributed by atoms with Gasteiger partial charge in [-0.2, -0.15) is 0 Å². The summed E-state index contributed by atoms with van der Waals surface area (Å²) in [5, 5.41) is 0. The molecule has 2 aromatic rings. The lowest BCUT2D eigenvalue weighted by Gasteiger charge is -2.28. The number of amidine groups is 1.